The van der Waals surface area contributed by atoms with E-state index in [-0.39, 0.29) is 11.9 Å². The van der Waals surface area contributed by atoms with Crippen LogP contribution in [0.4, 0.5) is 0 Å². The first-order chi connectivity index (χ1) is 7.07. The highest BCUT2D eigenvalue weighted by Gasteiger charge is 2.01. The number of nitrogens with one attached hydrogen (secondary N) is 1. The highest BCUT2D eigenvalue weighted by atomic mass is 16.5. The molecule has 0 aliphatic carbocycles. The van der Waals surface area contributed by atoms with Crippen LogP contribution in [0.5, 0.6) is 0 Å². The number of unbranched alkanes of at least 4 members (excludes halogenated alkanes) is 1. The second-order valence-corrected chi connectivity index (χ2v) is 3.12. The molecule has 0 saturated carbocycles. The predicted octanol–water partition coefficient (Wildman–Crippen LogP) is 1.19. The quantitative estimate of drug-likeness (QED) is 0.391. The highest BCUT2D eigenvalue weighted by molar-refractivity contribution is 5.87. The second-order valence-electron chi connectivity index (χ2n) is 3.12. The highest BCUT2D eigenvalue weighted by Crippen LogP contribution is 1.95. The molecule has 0 radical (unpaired) electrons. The summed E-state index contributed by atoms with van der Waals surface area (Å²) in [5.41, 5.74) is 0.398. The summed E-state index contributed by atoms with van der Waals surface area (Å²) in [4.78, 5) is 21.6. The number of esters is 1. The molecular formula is C11H17NO3. The molecule has 4 nitrogen and oxygen atoms in total. The van der Waals surface area contributed by atoms with Crippen molar-refractivity contribution in [1.29, 1.82) is 0 Å². The van der Waals surface area contributed by atoms with E-state index in [0.717, 1.165) is 12.8 Å². The molecule has 0 aromatic carbocycles. The van der Waals surface area contributed by atoms with Crippen LogP contribution in [-0.2, 0) is 14.3 Å². The lowest BCUT2D eigenvalue weighted by atomic mass is 10.3. The van der Waals surface area contributed by atoms with Gasteiger partial charge in [-0.1, -0.05) is 13.2 Å². The number of hydrogen-bond donors (Lipinski definition) is 1. The summed E-state index contributed by atoms with van der Waals surface area (Å²) in [6, 6.07) is 0. The summed E-state index contributed by atoms with van der Waals surface area (Å²) in [6.07, 6.45) is 2.71. The Morgan fingerprint density at radius 3 is 2.60 bits per heavy atom. The van der Waals surface area contributed by atoms with Crippen LogP contribution in [0, 0.1) is 0 Å². The summed E-state index contributed by atoms with van der Waals surface area (Å²) in [5, 5.41) is 2.63. The summed E-state index contributed by atoms with van der Waals surface area (Å²) in [6.45, 7) is 9.31. The number of ether oxygens (including phenoxy) is 1. The van der Waals surface area contributed by atoms with E-state index in [1.165, 1.54) is 6.08 Å². The van der Waals surface area contributed by atoms with Crippen molar-refractivity contribution >= 4 is 11.9 Å². The minimum atomic E-state index is -0.370. The van der Waals surface area contributed by atoms with E-state index in [2.05, 4.69) is 18.5 Å². The third kappa shape index (κ3) is 7.49. The third-order valence-electron chi connectivity index (χ3n) is 1.64. The van der Waals surface area contributed by atoms with Crippen LogP contribution in [-0.4, -0.2) is 25.0 Å². The molecule has 0 heterocycles. The van der Waals surface area contributed by atoms with E-state index in [0.29, 0.717) is 18.7 Å². The van der Waals surface area contributed by atoms with Crippen molar-refractivity contribution in [3.63, 3.8) is 0 Å². The van der Waals surface area contributed by atoms with Gasteiger partial charge in [-0.25, -0.2) is 4.79 Å². The molecule has 0 spiro atoms. The molecule has 0 aliphatic rings. The monoisotopic (exact) mass is 211 g/mol. The lowest BCUT2D eigenvalue weighted by molar-refractivity contribution is -0.139. The van der Waals surface area contributed by atoms with Crippen molar-refractivity contribution in [1.82, 2.24) is 5.32 Å². The van der Waals surface area contributed by atoms with Crippen LogP contribution in [0.25, 0.3) is 0 Å². The second kappa shape index (κ2) is 7.79. The fraction of sp³-hybridized carbons (Fsp3) is 0.455. The maximum Gasteiger partial charge on any atom is 0.333 e. The fourth-order valence-electron chi connectivity index (χ4n) is 0.799. The van der Waals surface area contributed by atoms with Gasteiger partial charge in [0.05, 0.1) is 6.61 Å². The molecule has 0 aromatic heterocycles. The lowest BCUT2D eigenvalue weighted by Crippen LogP contribution is -2.22. The molecule has 4 heteroatoms. The van der Waals surface area contributed by atoms with Crippen molar-refractivity contribution in [3.8, 4) is 0 Å². The number of amides is 1. The molecule has 0 fully saturated rings. The molecule has 0 rings (SSSR count). The van der Waals surface area contributed by atoms with E-state index in [9.17, 15) is 9.59 Å². The van der Waals surface area contributed by atoms with Crippen LogP contribution in [0.3, 0.4) is 0 Å². The van der Waals surface area contributed by atoms with Gasteiger partial charge < -0.3 is 10.1 Å². The Kier molecular flexibility index (Phi) is 6.97. The van der Waals surface area contributed by atoms with Gasteiger partial charge in [-0.15, -0.1) is 0 Å². The average Bonchev–Trinajstić information content (AvgIpc) is 2.22. The molecule has 15 heavy (non-hydrogen) atoms. The maximum absolute atomic E-state index is 10.9. The van der Waals surface area contributed by atoms with Crippen LogP contribution in [0.15, 0.2) is 24.8 Å². The van der Waals surface area contributed by atoms with Crippen molar-refractivity contribution in [3.05, 3.63) is 24.8 Å². The van der Waals surface area contributed by atoms with Gasteiger partial charge in [0.2, 0.25) is 5.91 Å². The van der Waals surface area contributed by atoms with Gasteiger partial charge in [0.1, 0.15) is 0 Å². The molecule has 0 aromatic rings. The number of hydrogen-bond acceptors (Lipinski definition) is 3. The molecule has 0 saturated heterocycles. The van der Waals surface area contributed by atoms with Crippen molar-refractivity contribution in [2.45, 2.75) is 19.8 Å². The van der Waals surface area contributed by atoms with Gasteiger partial charge in [0.25, 0.3) is 0 Å². The molecule has 1 amide bonds. The zero-order chi connectivity index (χ0) is 11.7. The Morgan fingerprint density at radius 1 is 1.40 bits per heavy atom. The molecule has 0 atom stereocenters. The average molecular weight is 211 g/mol. The van der Waals surface area contributed by atoms with Gasteiger partial charge in [-0.2, -0.15) is 0 Å². The Labute approximate surface area is 90.0 Å². The van der Waals surface area contributed by atoms with Gasteiger partial charge >= 0.3 is 5.97 Å². The first-order valence-electron chi connectivity index (χ1n) is 4.81. The van der Waals surface area contributed by atoms with Crippen LogP contribution >= 0.6 is 0 Å². The topological polar surface area (TPSA) is 55.4 Å². The summed E-state index contributed by atoms with van der Waals surface area (Å²) in [7, 11) is 0. The standard InChI is InChI=1S/C11H17NO3/c1-4-10(13)12-7-5-6-8-15-11(14)9(2)3/h4H,1-2,5-8H2,3H3,(H,12,13). The summed E-state index contributed by atoms with van der Waals surface area (Å²) < 4.78 is 4.87. The van der Waals surface area contributed by atoms with Gasteiger partial charge in [-0.05, 0) is 25.8 Å². The van der Waals surface area contributed by atoms with Crippen molar-refractivity contribution in [2.75, 3.05) is 13.2 Å². The van der Waals surface area contributed by atoms with E-state index < -0.39 is 0 Å². The lowest BCUT2D eigenvalue weighted by Gasteiger charge is -2.04. The smallest absolute Gasteiger partial charge is 0.333 e. The fourth-order valence-corrected chi connectivity index (χ4v) is 0.799. The summed E-state index contributed by atoms with van der Waals surface area (Å²) >= 11 is 0. The van der Waals surface area contributed by atoms with Crippen LogP contribution in [0.1, 0.15) is 19.8 Å². The maximum atomic E-state index is 10.9. The van der Waals surface area contributed by atoms with Crippen molar-refractivity contribution < 1.29 is 14.3 Å². The van der Waals surface area contributed by atoms with Crippen LogP contribution < -0.4 is 5.32 Å². The molecule has 0 bridgehead atoms. The van der Waals surface area contributed by atoms with Gasteiger partial charge in [0.15, 0.2) is 0 Å². The first kappa shape index (κ1) is 13.4. The van der Waals surface area contributed by atoms with Crippen LogP contribution in [0.2, 0.25) is 0 Å². The number of rotatable bonds is 7. The Balaban J connectivity index is 3.32. The molecule has 84 valence electrons. The van der Waals surface area contributed by atoms with E-state index in [4.69, 9.17) is 4.74 Å². The largest absolute Gasteiger partial charge is 0.462 e. The molecule has 0 aliphatic heterocycles. The normalized spacial score (nSPS) is 9.13. The van der Waals surface area contributed by atoms with E-state index >= 15 is 0 Å². The Hall–Kier alpha value is -1.58. The predicted molar refractivity (Wildman–Crippen MR) is 58.2 cm³/mol. The Bertz CT molecular complexity index is 259. The number of carbonyl (C=O) groups is 2. The van der Waals surface area contributed by atoms with Gasteiger partial charge in [0, 0.05) is 12.1 Å². The Morgan fingerprint density at radius 2 is 2.07 bits per heavy atom. The minimum Gasteiger partial charge on any atom is -0.462 e. The third-order valence-corrected chi connectivity index (χ3v) is 1.64. The minimum absolute atomic E-state index is 0.186. The van der Waals surface area contributed by atoms with E-state index in [1.54, 1.807) is 6.92 Å². The first-order valence-corrected chi connectivity index (χ1v) is 4.81. The molecule has 1 N–H and O–H groups in total. The number of carbonyl (C=O) groups excluding carboxylic acids is 2. The summed E-state index contributed by atoms with van der Waals surface area (Å²) in [5.74, 6) is -0.556. The van der Waals surface area contributed by atoms with E-state index in [1.807, 2.05) is 0 Å². The zero-order valence-corrected chi connectivity index (χ0v) is 9.04. The SMILES string of the molecule is C=CC(=O)NCCCCOC(=O)C(=C)C. The van der Waals surface area contributed by atoms with Crippen molar-refractivity contribution in [2.24, 2.45) is 0 Å². The molecular weight excluding hydrogens is 194 g/mol. The molecule has 0 unspecified atom stereocenters. The zero-order valence-electron chi connectivity index (χ0n) is 9.04. The van der Waals surface area contributed by atoms with Gasteiger partial charge in [-0.3, -0.25) is 4.79 Å².